The molecule has 1 amide bonds. The van der Waals surface area contributed by atoms with Crippen molar-refractivity contribution in [2.45, 2.75) is 65.3 Å². The van der Waals surface area contributed by atoms with E-state index in [0.29, 0.717) is 25.2 Å². The number of hydrogen-bond acceptors (Lipinski definition) is 3. The summed E-state index contributed by atoms with van der Waals surface area (Å²) in [5.74, 6) is -0.950. The van der Waals surface area contributed by atoms with E-state index in [9.17, 15) is 14.7 Å². The first-order valence-corrected chi connectivity index (χ1v) is 7.85. The fourth-order valence-corrected chi connectivity index (χ4v) is 3.01. The second kappa shape index (κ2) is 6.77. The van der Waals surface area contributed by atoms with Crippen molar-refractivity contribution in [1.82, 2.24) is 5.32 Å². The van der Waals surface area contributed by atoms with Crippen LogP contribution in [0, 0.1) is 17.3 Å². The van der Waals surface area contributed by atoms with Crippen LogP contribution in [0.4, 0.5) is 0 Å². The molecule has 5 heteroatoms. The van der Waals surface area contributed by atoms with Gasteiger partial charge in [0.15, 0.2) is 0 Å². The van der Waals surface area contributed by atoms with Crippen LogP contribution in [-0.4, -0.2) is 29.1 Å². The molecule has 1 aliphatic rings. The highest BCUT2D eigenvalue weighted by Crippen LogP contribution is 2.33. The van der Waals surface area contributed by atoms with Crippen LogP contribution in [-0.2, 0) is 9.59 Å². The van der Waals surface area contributed by atoms with E-state index in [1.54, 1.807) is 0 Å². The minimum atomic E-state index is -1.10. The van der Waals surface area contributed by atoms with Crippen LogP contribution in [0.25, 0.3) is 0 Å². The molecule has 0 aliphatic heterocycles. The van der Waals surface area contributed by atoms with Crippen molar-refractivity contribution in [3.05, 3.63) is 0 Å². The van der Waals surface area contributed by atoms with Crippen molar-refractivity contribution in [1.29, 1.82) is 0 Å². The Labute approximate surface area is 127 Å². The molecule has 0 bridgehead atoms. The molecule has 0 aromatic carbocycles. The smallest absolute Gasteiger partial charge is 0.329 e. The highest BCUT2D eigenvalue weighted by atomic mass is 16.4. The van der Waals surface area contributed by atoms with Gasteiger partial charge in [-0.1, -0.05) is 27.7 Å². The van der Waals surface area contributed by atoms with E-state index in [2.05, 4.69) is 33.0 Å². The molecule has 1 atom stereocenters. The van der Waals surface area contributed by atoms with E-state index in [0.717, 1.165) is 12.8 Å². The topological polar surface area (TPSA) is 92.4 Å². The van der Waals surface area contributed by atoms with Crippen molar-refractivity contribution >= 4 is 11.9 Å². The van der Waals surface area contributed by atoms with Crippen molar-refractivity contribution in [3.63, 3.8) is 0 Å². The number of amides is 1. The first kappa shape index (κ1) is 18.0. The average molecular weight is 298 g/mol. The van der Waals surface area contributed by atoms with Crippen molar-refractivity contribution < 1.29 is 14.7 Å². The van der Waals surface area contributed by atoms with Crippen LogP contribution in [0.3, 0.4) is 0 Å². The summed E-state index contributed by atoms with van der Waals surface area (Å²) in [6.45, 7) is 8.53. The summed E-state index contributed by atoms with van der Waals surface area (Å²) in [4.78, 5) is 24.1. The van der Waals surface area contributed by atoms with E-state index < -0.39 is 11.5 Å². The van der Waals surface area contributed by atoms with Crippen molar-refractivity contribution in [2.75, 3.05) is 6.54 Å². The molecule has 0 spiro atoms. The average Bonchev–Trinajstić information content (AvgIpc) is 2.37. The van der Waals surface area contributed by atoms with E-state index in [4.69, 9.17) is 5.73 Å². The Morgan fingerprint density at radius 1 is 1.33 bits per heavy atom. The Morgan fingerprint density at radius 3 is 2.24 bits per heavy atom. The van der Waals surface area contributed by atoms with Gasteiger partial charge < -0.3 is 16.2 Å². The number of carbonyl (C=O) groups excluding carboxylic acids is 1. The third-order valence-electron chi connectivity index (χ3n) is 4.41. The number of nitrogens with two attached hydrogens (primary N) is 1. The van der Waals surface area contributed by atoms with Gasteiger partial charge in [0.1, 0.15) is 5.54 Å². The fraction of sp³-hybridized carbons (Fsp3) is 0.875. The van der Waals surface area contributed by atoms with Gasteiger partial charge in [-0.3, -0.25) is 4.79 Å². The van der Waals surface area contributed by atoms with Gasteiger partial charge in [-0.25, -0.2) is 4.79 Å². The summed E-state index contributed by atoms with van der Waals surface area (Å²) in [5.41, 5.74) is 4.60. The molecular weight excluding hydrogens is 268 g/mol. The molecule has 0 saturated heterocycles. The lowest BCUT2D eigenvalue weighted by Gasteiger charge is -2.37. The summed E-state index contributed by atoms with van der Waals surface area (Å²) >= 11 is 0. The number of carboxylic acids is 1. The molecule has 1 rings (SSSR count). The zero-order valence-electron chi connectivity index (χ0n) is 13.7. The highest BCUT2D eigenvalue weighted by Gasteiger charge is 2.43. The Balaban J connectivity index is 2.79. The lowest BCUT2D eigenvalue weighted by Crippen LogP contribution is -2.58. The summed E-state index contributed by atoms with van der Waals surface area (Å²) < 4.78 is 0. The molecule has 1 aliphatic carbocycles. The number of rotatable bonds is 5. The number of hydrogen-bond donors (Lipinski definition) is 3. The zero-order valence-corrected chi connectivity index (χ0v) is 13.7. The quantitative estimate of drug-likeness (QED) is 0.725. The largest absolute Gasteiger partial charge is 0.480 e. The van der Waals surface area contributed by atoms with Crippen LogP contribution >= 0.6 is 0 Å². The second-order valence-electron chi connectivity index (χ2n) is 7.76. The SMILES string of the molecule is CC1CCC(NC(=O)C(CN)CC(C)(C)C)(C(=O)O)CC1. The molecule has 0 aromatic heterocycles. The molecule has 122 valence electrons. The molecule has 0 radical (unpaired) electrons. The highest BCUT2D eigenvalue weighted by molar-refractivity contribution is 5.88. The van der Waals surface area contributed by atoms with E-state index in [1.807, 2.05) is 0 Å². The maximum atomic E-state index is 12.5. The number of carboxylic acid groups (broad SMARTS) is 1. The van der Waals surface area contributed by atoms with Gasteiger partial charge in [0.25, 0.3) is 0 Å². The Kier molecular flexibility index (Phi) is 5.79. The number of aliphatic carboxylic acids is 1. The third-order valence-corrected chi connectivity index (χ3v) is 4.41. The molecule has 4 N–H and O–H groups in total. The van der Waals surface area contributed by atoms with E-state index in [1.165, 1.54) is 0 Å². The van der Waals surface area contributed by atoms with E-state index >= 15 is 0 Å². The number of nitrogens with one attached hydrogen (secondary N) is 1. The lowest BCUT2D eigenvalue weighted by atomic mass is 9.76. The van der Waals surface area contributed by atoms with Crippen LogP contribution < -0.4 is 11.1 Å². The van der Waals surface area contributed by atoms with Crippen molar-refractivity contribution in [3.8, 4) is 0 Å². The van der Waals surface area contributed by atoms with Gasteiger partial charge in [-0.05, 0) is 43.4 Å². The number of carbonyl (C=O) groups is 2. The first-order valence-electron chi connectivity index (χ1n) is 7.85. The third kappa shape index (κ3) is 4.99. The lowest BCUT2D eigenvalue weighted by molar-refractivity contribution is -0.150. The predicted octanol–water partition coefficient (Wildman–Crippen LogP) is 2.15. The Hall–Kier alpha value is -1.10. The molecular formula is C16H30N2O3. The van der Waals surface area contributed by atoms with Gasteiger partial charge in [0, 0.05) is 6.54 Å². The summed E-state index contributed by atoms with van der Waals surface area (Å²) in [5, 5.41) is 12.4. The first-order chi connectivity index (χ1) is 9.59. The van der Waals surface area contributed by atoms with E-state index in [-0.39, 0.29) is 23.8 Å². The maximum absolute atomic E-state index is 12.5. The zero-order chi connectivity index (χ0) is 16.3. The summed E-state index contributed by atoms with van der Waals surface area (Å²) in [6, 6.07) is 0. The Bertz CT molecular complexity index is 379. The summed E-state index contributed by atoms with van der Waals surface area (Å²) in [7, 11) is 0. The van der Waals surface area contributed by atoms with Gasteiger partial charge in [0.05, 0.1) is 5.92 Å². The fourth-order valence-electron chi connectivity index (χ4n) is 3.01. The standard InChI is InChI=1S/C16H30N2O3/c1-11-5-7-16(8-6-11,14(20)21)18-13(19)12(10-17)9-15(2,3)4/h11-12H,5-10,17H2,1-4H3,(H,18,19)(H,20,21). The normalized spacial score (nSPS) is 28.0. The molecule has 21 heavy (non-hydrogen) atoms. The molecule has 1 saturated carbocycles. The molecule has 1 unspecified atom stereocenters. The minimum Gasteiger partial charge on any atom is -0.480 e. The maximum Gasteiger partial charge on any atom is 0.329 e. The van der Waals surface area contributed by atoms with Gasteiger partial charge in [-0.2, -0.15) is 0 Å². The van der Waals surface area contributed by atoms with Crippen LogP contribution in [0.1, 0.15) is 59.8 Å². The molecule has 0 aromatic rings. The Morgan fingerprint density at radius 2 is 1.86 bits per heavy atom. The van der Waals surface area contributed by atoms with Crippen molar-refractivity contribution in [2.24, 2.45) is 23.0 Å². The predicted molar refractivity (Wildman–Crippen MR) is 82.8 cm³/mol. The van der Waals surface area contributed by atoms with Gasteiger partial charge in [-0.15, -0.1) is 0 Å². The second-order valence-corrected chi connectivity index (χ2v) is 7.76. The minimum absolute atomic E-state index is 0.0150. The monoisotopic (exact) mass is 298 g/mol. The molecule has 1 fully saturated rings. The molecule has 5 nitrogen and oxygen atoms in total. The van der Waals surface area contributed by atoms with Crippen LogP contribution in [0.5, 0.6) is 0 Å². The van der Waals surface area contributed by atoms with Gasteiger partial charge in [0.2, 0.25) is 5.91 Å². The van der Waals surface area contributed by atoms with Crippen LogP contribution in [0.15, 0.2) is 0 Å². The van der Waals surface area contributed by atoms with Gasteiger partial charge >= 0.3 is 5.97 Å². The summed E-state index contributed by atoms with van der Waals surface area (Å²) in [6.07, 6.45) is 3.32. The molecule has 0 heterocycles. The van der Waals surface area contributed by atoms with Crippen LogP contribution in [0.2, 0.25) is 0 Å².